The van der Waals surface area contributed by atoms with E-state index in [4.69, 9.17) is 14.7 Å². The molecule has 346 valence electrons. The van der Waals surface area contributed by atoms with Gasteiger partial charge >= 0.3 is 0 Å². The first-order valence-corrected chi connectivity index (χ1v) is 23.7. The van der Waals surface area contributed by atoms with Crippen LogP contribution in [0.5, 0.6) is 11.6 Å². The van der Waals surface area contributed by atoms with E-state index in [2.05, 4.69) is 172 Å². The summed E-state index contributed by atoms with van der Waals surface area (Å²) in [7, 11) is 1.72. The van der Waals surface area contributed by atoms with Crippen molar-refractivity contribution >= 4 is 98.4 Å². The summed E-state index contributed by atoms with van der Waals surface area (Å²) in [6.45, 7) is 0. The third-order valence-corrected chi connectivity index (χ3v) is 13.9. The summed E-state index contributed by atoms with van der Waals surface area (Å²) in [4.78, 5) is 11.0. The summed E-state index contributed by atoms with van der Waals surface area (Å²) >= 11 is 0. The molecule has 0 unspecified atom stereocenters. The van der Waals surface area contributed by atoms with Crippen LogP contribution in [-0.2, 0) is 21.1 Å². The molecule has 0 aliphatic carbocycles. The van der Waals surface area contributed by atoms with Gasteiger partial charge in [-0.15, -0.1) is 17.5 Å². The quantitative estimate of drug-likeness (QED) is 0.123. The number of fused-ring (bicyclic) bond motifs is 13. The number of aliphatic hydroxyl groups excluding tert-OH is 1. The third-order valence-electron chi connectivity index (χ3n) is 13.9. The summed E-state index contributed by atoms with van der Waals surface area (Å²) in [5, 5.41) is 24.5. The Labute approximate surface area is 427 Å². The van der Waals surface area contributed by atoms with Gasteiger partial charge in [0.1, 0.15) is 17.2 Å². The molecule has 2 N–H and O–H groups in total. The maximum absolute atomic E-state index is 11.9. The van der Waals surface area contributed by atoms with Crippen molar-refractivity contribution in [3.05, 3.63) is 236 Å². The number of benzene rings is 9. The van der Waals surface area contributed by atoms with Gasteiger partial charge in [0.15, 0.2) is 0 Å². The fraction of sp³-hybridized carbons (Fsp3) is 0.0159. The molecule has 0 aliphatic heterocycles. The second-order valence-electron chi connectivity index (χ2n) is 17.8. The second kappa shape index (κ2) is 17.2. The van der Waals surface area contributed by atoms with Crippen LogP contribution in [0.3, 0.4) is 0 Å². The van der Waals surface area contributed by atoms with E-state index in [-0.39, 0.29) is 26.9 Å². The molecule has 0 spiro atoms. The van der Waals surface area contributed by atoms with Gasteiger partial charge in [-0.3, -0.25) is 4.57 Å². The molecule has 9 aromatic carbocycles. The van der Waals surface area contributed by atoms with Gasteiger partial charge in [-0.2, -0.15) is 11.1 Å². The average Bonchev–Trinajstić information content (AvgIpc) is 4.07. The SMILES string of the molecule is CN/C(O)=C(\c1ccccc1-c1ccccc1)n1c2ccccc2c2ccc(Oc3[c-]c4c(cc3)c3ccccc3n4-c3nc4ccccc4n4c5ccccc5c5cccc(c6ccccc36)c54)nc21.[Pt]. The summed E-state index contributed by atoms with van der Waals surface area (Å²) < 4.78 is 13.5. The fourth-order valence-corrected chi connectivity index (χ4v) is 10.9. The molecule has 0 saturated carbocycles. The fourth-order valence-electron chi connectivity index (χ4n) is 10.9. The number of aliphatic hydroxyl groups is 1. The van der Waals surface area contributed by atoms with Crippen molar-refractivity contribution in [2.24, 2.45) is 0 Å². The maximum atomic E-state index is 11.9. The van der Waals surface area contributed by atoms with Crippen LogP contribution in [0.4, 0.5) is 0 Å². The first-order valence-electron chi connectivity index (χ1n) is 23.7. The Bertz CT molecular complexity index is 4570. The van der Waals surface area contributed by atoms with Gasteiger partial charge in [0.2, 0.25) is 11.8 Å². The summed E-state index contributed by atoms with van der Waals surface area (Å²) in [5.41, 5.74) is 10.8. The van der Waals surface area contributed by atoms with Gasteiger partial charge in [-0.1, -0.05) is 169 Å². The van der Waals surface area contributed by atoms with E-state index in [1.54, 1.807) is 7.05 Å². The van der Waals surface area contributed by atoms with E-state index in [0.717, 1.165) is 98.8 Å². The Balaban J connectivity index is 0.00000504. The van der Waals surface area contributed by atoms with Crippen LogP contribution < -0.4 is 10.1 Å². The first kappa shape index (κ1) is 43.1. The average molecular weight is 1110 g/mol. The van der Waals surface area contributed by atoms with Crippen molar-refractivity contribution in [1.82, 2.24) is 28.8 Å². The molecular formula is C63H41N6O2Pt-. The van der Waals surface area contributed by atoms with Crippen molar-refractivity contribution in [2.45, 2.75) is 0 Å². The number of hydrogen-bond acceptors (Lipinski definition) is 5. The third kappa shape index (κ3) is 6.56. The molecule has 0 radical (unpaired) electrons. The second-order valence-corrected chi connectivity index (χ2v) is 17.8. The van der Waals surface area contributed by atoms with E-state index in [0.29, 0.717) is 23.0 Å². The van der Waals surface area contributed by atoms with Crippen LogP contribution in [0.2, 0.25) is 0 Å². The molecule has 0 fully saturated rings. The van der Waals surface area contributed by atoms with Crippen LogP contribution in [0.25, 0.3) is 115 Å². The monoisotopic (exact) mass is 1110 g/mol. The Morgan fingerprint density at radius 2 is 1.08 bits per heavy atom. The predicted octanol–water partition coefficient (Wildman–Crippen LogP) is 15.3. The Kier molecular flexibility index (Phi) is 10.3. The van der Waals surface area contributed by atoms with E-state index in [9.17, 15) is 5.11 Å². The number of nitrogens with zero attached hydrogens (tertiary/aromatic N) is 5. The normalized spacial score (nSPS) is 12.1. The van der Waals surface area contributed by atoms with Crippen molar-refractivity contribution in [1.29, 1.82) is 0 Å². The molecule has 72 heavy (non-hydrogen) atoms. The van der Waals surface area contributed by atoms with Gasteiger partial charge in [0, 0.05) is 83.3 Å². The first-order chi connectivity index (χ1) is 35.1. The van der Waals surface area contributed by atoms with Crippen LogP contribution in [0.15, 0.2) is 224 Å². The summed E-state index contributed by atoms with van der Waals surface area (Å²) in [6.07, 6.45) is 0. The zero-order chi connectivity index (χ0) is 47.2. The number of nitrogens with one attached hydrogen (secondary N) is 1. The van der Waals surface area contributed by atoms with E-state index in [1.807, 2.05) is 71.3 Å². The van der Waals surface area contributed by atoms with Crippen LogP contribution in [-0.4, -0.2) is 35.7 Å². The summed E-state index contributed by atoms with van der Waals surface area (Å²) in [5.74, 6) is 1.64. The molecule has 0 atom stereocenters. The molecule has 5 heterocycles. The molecule has 14 aromatic rings. The standard InChI is InChI=1S/C63H41N6O2.Pt/c1-64-63(70)60(47-25-7-5-20-41(47)39-18-3-2-4-19-39)69-55-32-15-11-24-45(55)51-36-37-58(66-62(51)69)71-40-34-35-46-43-22-9-14-31-54(43)68(57(46)38-40)61-50-26-8-6-21-42(50)48-27-17-28-49-44-23-10-13-30-53(44)67(59(48)49)56-33-16-12-29-52(56)65-61;/h2-37,64,70H,1H3;/q-1;/b63-60-,65-61?;. The molecule has 0 bridgehead atoms. The van der Waals surface area contributed by atoms with Crippen LogP contribution in [0.1, 0.15) is 5.56 Å². The van der Waals surface area contributed by atoms with Gasteiger partial charge in [0.05, 0.1) is 27.6 Å². The Morgan fingerprint density at radius 1 is 0.500 bits per heavy atom. The van der Waals surface area contributed by atoms with Crippen LogP contribution >= 0.6 is 0 Å². The molecule has 9 heteroatoms. The number of ether oxygens (including phenoxy) is 1. The zero-order valence-electron chi connectivity index (χ0n) is 38.7. The van der Waals surface area contributed by atoms with Gasteiger partial charge in [-0.05, 0) is 58.3 Å². The van der Waals surface area contributed by atoms with Gasteiger partial charge in [0.25, 0.3) is 0 Å². The van der Waals surface area contributed by atoms with E-state index >= 15 is 0 Å². The van der Waals surface area contributed by atoms with Crippen molar-refractivity contribution in [3.8, 4) is 28.6 Å². The number of aromatic nitrogens is 5. The maximum Gasteiger partial charge on any atom is 0.218 e. The van der Waals surface area contributed by atoms with Crippen molar-refractivity contribution < 1.29 is 30.9 Å². The van der Waals surface area contributed by atoms with Crippen LogP contribution in [0, 0.1) is 6.07 Å². The minimum atomic E-state index is 0. The predicted molar refractivity (Wildman–Crippen MR) is 290 cm³/mol. The van der Waals surface area contributed by atoms with E-state index < -0.39 is 0 Å². The molecule has 0 saturated heterocycles. The zero-order valence-corrected chi connectivity index (χ0v) is 41.0. The Morgan fingerprint density at radius 3 is 1.86 bits per heavy atom. The number of pyridine rings is 1. The van der Waals surface area contributed by atoms with E-state index in [1.165, 1.54) is 10.8 Å². The van der Waals surface area contributed by atoms with Gasteiger partial charge in [-0.25, -0.2) is 4.98 Å². The molecule has 14 rings (SSSR count). The minimum absolute atomic E-state index is 0. The number of para-hydroxylation sites is 6. The van der Waals surface area contributed by atoms with Gasteiger partial charge < -0.3 is 24.1 Å². The number of hydrogen-bond donors (Lipinski definition) is 2. The largest absolute Gasteiger partial charge is 0.493 e. The Hall–Kier alpha value is -8.97. The molecule has 0 aliphatic rings. The summed E-state index contributed by atoms with van der Waals surface area (Å²) in [6, 6.07) is 79.0. The number of rotatable bonds is 7. The minimum Gasteiger partial charge on any atom is -0.493 e. The molecule has 5 aromatic heterocycles. The van der Waals surface area contributed by atoms with Crippen molar-refractivity contribution in [2.75, 3.05) is 7.05 Å². The molecule has 8 nitrogen and oxygen atoms in total. The topological polar surface area (TPSA) is 81.5 Å². The smallest absolute Gasteiger partial charge is 0.218 e. The van der Waals surface area contributed by atoms with Crippen molar-refractivity contribution in [3.63, 3.8) is 0 Å². The molecule has 0 amide bonds. The molecular weight excluding hydrogens is 1070 g/mol.